The predicted molar refractivity (Wildman–Crippen MR) is 108 cm³/mol. The third kappa shape index (κ3) is 2.71. The van der Waals surface area contributed by atoms with Crippen molar-refractivity contribution in [3.8, 4) is 0 Å². The second-order valence-corrected chi connectivity index (χ2v) is 7.85. The van der Waals surface area contributed by atoms with Gasteiger partial charge in [0.05, 0.1) is 17.7 Å². The minimum atomic E-state index is -0.322. The highest BCUT2D eigenvalue weighted by Crippen LogP contribution is 2.42. The molecule has 2 aliphatic rings. The second kappa shape index (κ2) is 6.41. The first-order chi connectivity index (χ1) is 13.6. The molecule has 28 heavy (non-hydrogen) atoms. The largest absolute Gasteiger partial charge is 0.368 e. The van der Waals surface area contributed by atoms with E-state index in [-0.39, 0.29) is 5.60 Å². The first-order valence-electron chi connectivity index (χ1n) is 9.80. The number of aryl methyl sites for hydroxylation is 1. The molecule has 0 saturated carbocycles. The smallest absolute Gasteiger partial charge is 0.225 e. The van der Waals surface area contributed by atoms with Gasteiger partial charge in [-0.05, 0) is 37.8 Å². The van der Waals surface area contributed by atoms with Crippen LogP contribution in [0.25, 0.3) is 11.0 Å². The Bertz CT molecular complexity index is 1020. The van der Waals surface area contributed by atoms with E-state index in [2.05, 4.69) is 25.9 Å². The molecule has 0 radical (unpaired) electrons. The van der Waals surface area contributed by atoms with Crippen molar-refractivity contribution in [3.63, 3.8) is 0 Å². The zero-order valence-electron chi connectivity index (χ0n) is 16.6. The molecule has 146 valence electrons. The lowest BCUT2D eigenvalue weighted by Crippen LogP contribution is -2.47. The molecule has 0 bridgehead atoms. The van der Waals surface area contributed by atoms with Crippen molar-refractivity contribution in [1.82, 2.24) is 24.9 Å². The van der Waals surface area contributed by atoms with Gasteiger partial charge in [-0.1, -0.05) is 0 Å². The average Bonchev–Trinajstić information content (AvgIpc) is 3.16. The summed E-state index contributed by atoms with van der Waals surface area (Å²) >= 11 is 0. The number of rotatable bonds is 2. The summed E-state index contributed by atoms with van der Waals surface area (Å²) in [6, 6.07) is 2.05. The maximum absolute atomic E-state index is 6.37. The number of piperidine rings is 1. The number of hydrogen-bond acceptors (Lipinski definition) is 7. The molecule has 0 aromatic carbocycles. The normalized spacial score (nSPS) is 18.5. The number of hydrogen-bond donors (Lipinski definition) is 1. The van der Waals surface area contributed by atoms with Crippen LogP contribution in [0.2, 0.25) is 0 Å². The first kappa shape index (κ1) is 17.4. The van der Waals surface area contributed by atoms with E-state index in [9.17, 15) is 0 Å². The Kier molecular flexibility index (Phi) is 3.97. The van der Waals surface area contributed by atoms with Crippen LogP contribution in [0.1, 0.15) is 29.9 Å². The number of aromatic amines is 1. The predicted octanol–water partition coefficient (Wildman–Crippen LogP) is 2.19. The Hall–Kier alpha value is -2.74. The topological polar surface area (TPSA) is 83.1 Å². The van der Waals surface area contributed by atoms with Crippen molar-refractivity contribution in [2.24, 2.45) is 0 Å². The molecular formula is C20H25N7O. The summed E-state index contributed by atoms with van der Waals surface area (Å²) in [4.78, 5) is 26.1. The standard InChI is InChI=1S/C20H25N7O/c1-13-23-17-15(4-8-21-17)18(24-13)27-9-6-20(7-10-27)16-14(5-11-28-20)12-22-19(25-16)26(2)3/h4,8,12H,5-7,9-11H2,1-3H3,(H,21,23,24). The van der Waals surface area contributed by atoms with E-state index in [1.54, 1.807) is 0 Å². The fraction of sp³-hybridized carbons (Fsp3) is 0.500. The van der Waals surface area contributed by atoms with Crippen molar-refractivity contribution in [1.29, 1.82) is 0 Å². The van der Waals surface area contributed by atoms with Gasteiger partial charge >= 0.3 is 0 Å². The number of aromatic nitrogens is 5. The Morgan fingerprint density at radius 1 is 1.18 bits per heavy atom. The number of nitrogens with one attached hydrogen (secondary N) is 1. The quantitative estimate of drug-likeness (QED) is 0.731. The van der Waals surface area contributed by atoms with E-state index in [4.69, 9.17) is 14.7 Å². The maximum atomic E-state index is 6.37. The van der Waals surface area contributed by atoms with E-state index in [1.165, 1.54) is 5.56 Å². The number of fused-ring (bicyclic) bond motifs is 3. The van der Waals surface area contributed by atoms with E-state index in [0.717, 1.165) is 73.3 Å². The van der Waals surface area contributed by atoms with Gasteiger partial charge in [0, 0.05) is 39.6 Å². The molecule has 1 spiro atoms. The number of anilines is 2. The summed E-state index contributed by atoms with van der Waals surface area (Å²) in [5.74, 6) is 2.53. The summed E-state index contributed by atoms with van der Waals surface area (Å²) in [5, 5.41) is 1.07. The van der Waals surface area contributed by atoms with E-state index in [1.807, 2.05) is 38.3 Å². The van der Waals surface area contributed by atoms with Crippen LogP contribution in [0.4, 0.5) is 11.8 Å². The first-order valence-corrected chi connectivity index (χ1v) is 9.80. The average molecular weight is 379 g/mol. The maximum Gasteiger partial charge on any atom is 0.225 e. The van der Waals surface area contributed by atoms with Gasteiger partial charge < -0.3 is 19.5 Å². The molecule has 0 atom stereocenters. The zero-order chi connectivity index (χ0) is 19.3. The lowest BCUT2D eigenvalue weighted by molar-refractivity contribution is -0.0801. The van der Waals surface area contributed by atoms with Crippen LogP contribution in [0.3, 0.4) is 0 Å². The molecule has 3 aromatic heterocycles. The van der Waals surface area contributed by atoms with Gasteiger partial charge in [0.1, 0.15) is 22.9 Å². The van der Waals surface area contributed by atoms with Crippen molar-refractivity contribution in [3.05, 3.63) is 35.5 Å². The fourth-order valence-corrected chi connectivity index (χ4v) is 4.35. The van der Waals surface area contributed by atoms with Gasteiger partial charge in [-0.25, -0.2) is 19.9 Å². The van der Waals surface area contributed by atoms with Gasteiger partial charge in [0.15, 0.2) is 0 Å². The van der Waals surface area contributed by atoms with E-state index in [0.29, 0.717) is 0 Å². The van der Waals surface area contributed by atoms with Gasteiger partial charge in [0.2, 0.25) is 5.95 Å². The molecule has 0 aliphatic carbocycles. The van der Waals surface area contributed by atoms with Crippen LogP contribution in [0.15, 0.2) is 18.5 Å². The van der Waals surface area contributed by atoms with Crippen LogP contribution in [-0.2, 0) is 16.8 Å². The summed E-state index contributed by atoms with van der Waals surface area (Å²) < 4.78 is 6.37. The molecule has 8 nitrogen and oxygen atoms in total. The highest BCUT2D eigenvalue weighted by Gasteiger charge is 2.43. The number of H-pyrrole nitrogens is 1. The fourth-order valence-electron chi connectivity index (χ4n) is 4.35. The second-order valence-electron chi connectivity index (χ2n) is 7.85. The molecule has 2 aliphatic heterocycles. The van der Waals surface area contributed by atoms with Crippen molar-refractivity contribution < 1.29 is 4.74 Å². The monoisotopic (exact) mass is 379 g/mol. The lowest BCUT2D eigenvalue weighted by atomic mass is 9.83. The molecule has 5 rings (SSSR count). The van der Waals surface area contributed by atoms with E-state index < -0.39 is 0 Å². The molecule has 0 unspecified atom stereocenters. The lowest BCUT2D eigenvalue weighted by Gasteiger charge is -2.44. The molecular weight excluding hydrogens is 354 g/mol. The molecule has 5 heterocycles. The Balaban J connectivity index is 1.46. The number of ether oxygens (including phenoxy) is 1. The number of nitrogens with zero attached hydrogens (tertiary/aromatic N) is 6. The highest BCUT2D eigenvalue weighted by molar-refractivity contribution is 5.87. The van der Waals surface area contributed by atoms with Gasteiger partial charge in [-0.3, -0.25) is 0 Å². The van der Waals surface area contributed by atoms with Crippen LogP contribution in [0.5, 0.6) is 0 Å². The summed E-state index contributed by atoms with van der Waals surface area (Å²) in [7, 11) is 3.94. The minimum absolute atomic E-state index is 0.322. The van der Waals surface area contributed by atoms with E-state index >= 15 is 0 Å². The molecule has 1 saturated heterocycles. The SMILES string of the molecule is Cc1nc(N2CCC3(CC2)OCCc2cnc(N(C)C)nc23)c2cc[nH]c2n1. The van der Waals surface area contributed by atoms with Crippen LogP contribution < -0.4 is 9.80 Å². The van der Waals surface area contributed by atoms with Gasteiger partial charge in [-0.2, -0.15) is 0 Å². The molecule has 1 N–H and O–H groups in total. The third-order valence-corrected chi connectivity index (χ3v) is 5.81. The zero-order valence-corrected chi connectivity index (χ0v) is 16.6. The van der Waals surface area contributed by atoms with Crippen molar-refractivity contribution in [2.45, 2.75) is 31.8 Å². The van der Waals surface area contributed by atoms with Crippen molar-refractivity contribution >= 4 is 22.8 Å². The Morgan fingerprint density at radius 2 is 2.00 bits per heavy atom. The molecule has 0 amide bonds. The summed E-state index contributed by atoms with van der Waals surface area (Å²) in [5.41, 5.74) is 2.86. The Labute approximate surface area is 164 Å². The summed E-state index contributed by atoms with van der Waals surface area (Å²) in [6.45, 7) is 4.41. The minimum Gasteiger partial charge on any atom is -0.368 e. The summed E-state index contributed by atoms with van der Waals surface area (Å²) in [6.07, 6.45) is 6.56. The third-order valence-electron chi connectivity index (χ3n) is 5.81. The van der Waals surface area contributed by atoms with Crippen molar-refractivity contribution in [2.75, 3.05) is 43.6 Å². The van der Waals surface area contributed by atoms with Crippen LogP contribution in [0, 0.1) is 6.92 Å². The molecule has 3 aromatic rings. The van der Waals surface area contributed by atoms with Crippen LogP contribution >= 0.6 is 0 Å². The highest BCUT2D eigenvalue weighted by atomic mass is 16.5. The van der Waals surface area contributed by atoms with Gasteiger partial charge in [0.25, 0.3) is 0 Å². The molecule has 8 heteroatoms. The Morgan fingerprint density at radius 3 is 2.79 bits per heavy atom. The molecule has 1 fully saturated rings. The van der Waals surface area contributed by atoms with Crippen LogP contribution in [-0.4, -0.2) is 58.7 Å². The van der Waals surface area contributed by atoms with Gasteiger partial charge in [-0.15, -0.1) is 0 Å².